The lowest BCUT2D eigenvalue weighted by molar-refractivity contribution is 0.289. The predicted octanol–water partition coefficient (Wildman–Crippen LogP) is 4.38. The highest BCUT2D eigenvalue weighted by molar-refractivity contribution is 5.53. The molecule has 0 spiro atoms. The minimum atomic E-state index is -0.103. The average molecular weight is 247 g/mol. The molecule has 0 bridgehead atoms. The van der Waals surface area contributed by atoms with Crippen LogP contribution in [0.3, 0.4) is 0 Å². The summed E-state index contributed by atoms with van der Waals surface area (Å²) in [6, 6.07) is 5.13. The van der Waals surface area contributed by atoms with Gasteiger partial charge in [0.25, 0.3) is 0 Å². The zero-order valence-corrected chi connectivity index (χ0v) is 10.9. The Kier molecular flexibility index (Phi) is 3.53. The summed E-state index contributed by atoms with van der Waals surface area (Å²) in [5, 5.41) is 3.46. The minimum absolute atomic E-state index is 0.103. The molecule has 0 saturated heterocycles. The van der Waals surface area contributed by atoms with Crippen molar-refractivity contribution in [3.8, 4) is 0 Å². The molecule has 1 aromatic carbocycles. The van der Waals surface area contributed by atoms with E-state index in [2.05, 4.69) is 5.32 Å². The maximum atomic E-state index is 13.3. The van der Waals surface area contributed by atoms with E-state index in [0.717, 1.165) is 24.6 Å². The van der Waals surface area contributed by atoms with E-state index in [4.69, 9.17) is 0 Å². The molecule has 1 nitrogen and oxygen atoms in total. The van der Waals surface area contributed by atoms with Crippen molar-refractivity contribution in [1.82, 2.24) is 0 Å². The molecule has 1 saturated carbocycles. The fourth-order valence-corrected chi connectivity index (χ4v) is 3.60. The molecule has 0 radical (unpaired) electrons. The van der Waals surface area contributed by atoms with Crippen LogP contribution in [-0.2, 0) is 6.42 Å². The first-order valence-corrected chi connectivity index (χ1v) is 7.33. The normalized spacial score (nSPS) is 24.4. The topological polar surface area (TPSA) is 12.0 Å². The fourth-order valence-electron chi connectivity index (χ4n) is 3.60. The van der Waals surface area contributed by atoms with Crippen molar-refractivity contribution in [2.45, 2.75) is 44.9 Å². The SMILES string of the molecule is Fc1ccc2c(c1)CC(CC1CCCCC1)CN2. The van der Waals surface area contributed by atoms with Crippen LogP contribution in [0.1, 0.15) is 44.1 Å². The maximum absolute atomic E-state index is 13.3. The molecule has 1 heterocycles. The Bertz CT molecular complexity index is 410. The second-order valence-corrected chi connectivity index (χ2v) is 5.99. The molecule has 1 N–H and O–H groups in total. The van der Waals surface area contributed by atoms with E-state index in [-0.39, 0.29) is 5.82 Å². The van der Waals surface area contributed by atoms with E-state index in [9.17, 15) is 4.39 Å². The number of fused-ring (bicyclic) bond motifs is 1. The quantitative estimate of drug-likeness (QED) is 0.817. The van der Waals surface area contributed by atoms with Crippen LogP contribution in [0.2, 0.25) is 0 Å². The molecular weight excluding hydrogens is 225 g/mol. The Labute approximate surface area is 109 Å². The first-order valence-electron chi connectivity index (χ1n) is 7.33. The van der Waals surface area contributed by atoms with Crippen LogP contribution in [0.5, 0.6) is 0 Å². The lowest BCUT2D eigenvalue weighted by atomic mass is 9.80. The molecule has 18 heavy (non-hydrogen) atoms. The number of benzene rings is 1. The van der Waals surface area contributed by atoms with Gasteiger partial charge in [0.15, 0.2) is 0 Å². The third-order valence-corrected chi connectivity index (χ3v) is 4.55. The molecule has 98 valence electrons. The smallest absolute Gasteiger partial charge is 0.123 e. The molecule has 1 aliphatic heterocycles. The van der Waals surface area contributed by atoms with Crippen molar-refractivity contribution in [2.75, 3.05) is 11.9 Å². The van der Waals surface area contributed by atoms with E-state index in [1.54, 1.807) is 12.1 Å². The summed E-state index contributed by atoms with van der Waals surface area (Å²) in [7, 11) is 0. The van der Waals surface area contributed by atoms with Gasteiger partial charge in [0.2, 0.25) is 0 Å². The number of hydrogen-bond donors (Lipinski definition) is 1. The van der Waals surface area contributed by atoms with E-state index in [0.29, 0.717) is 5.92 Å². The summed E-state index contributed by atoms with van der Waals surface area (Å²) in [4.78, 5) is 0. The van der Waals surface area contributed by atoms with Crippen molar-refractivity contribution in [3.63, 3.8) is 0 Å². The highest BCUT2D eigenvalue weighted by Crippen LogP contribution is 2.33. The molecule has 1 unspecified atom stereocenters. The average Bonchev–Trinajstić information content (AvgIpc) is 2.39. The van der Waals surface area contributed by atoms with Gasteiger partial charge in [-0.1, -0.05) is 32.1 Å². The Morgan fingerprint density at radius 3 is 2.78 bits per heavy atom. The van der Waals surface area contributed by atoms with E-state index >= 15 is 0 Å². The van der Waals surface area contributed by atoms with Gasteiger partial charge in [-0.15, -0.1) is 0 Å². The van der Waals surface area contributed by atoms with E-state index in [1.807, 2.05) is 6.07 Å². The molecule has 0 amide bonds. The Balaban J connectivity index is 1.63. The first kappa shape index (κ1) is 12.0. The van der Waals surface area contributed by atoms with E-state index < -0.39 is 0 Å². The molecule has 1 atom stereocenters. The van der Waals surface area contributed by atoms with E-state index in [1.165, 1.54) is 44.1 Å². The van der Waals surface area contributed by atoms with Gasteiger partial charge in [-0.25, -0.2) is 4.39 Å². The zero-order valence-electron chi connectivity index (χ0n) is 10.9. The molecule has 2 heteroatoms. The molecule has 0 aromatic heterocycles. The van der Waals surface area contributed by atoms with Crippen molar-refractivity contribution in [2.24, 2.45) is 11.8 Å². The standard InChI is InChI=1S/C16H22FN/c17-15-6-7-16-14(10-15)9-13(11-18-16)8-12-4-2-1-3-5-12/h6-7,10,12-13,18H,1-5,8-9,11H2. The lowest BCUT2D eigenvalue weighted by Crippen LogP contribution is -2.26. The largest absolute Gasteiger partial charge is 0.385 e. The number of rotatable bonds is 2. The second-order valence-electron chi connectivity index (χ2n) is 5.99. The number of halogens is 1. The second kappa shape index (κ2) is 5.29. The van der Waals surface area contributed by atoms with Gasteiger partial charge in [0, 0.05) is 12.2 Å². The molecule has 2 aliphatic rings. The number of nitrogens with one attached hydrogen (secondary N) is 1. The van der Waals surface area contributed by atoms with Crippen molar-refractivity contribution in [1.29, 1.82) is 0 Å². The van der Waals surface area contributed by atoms with Crippen LogP contribution in [-0.4, -0.2) is 6.54 Å². The van der Waals surface area contributed by atoms with Gasteiger partial charge in [-0.3, -0.25) is 0 Å². The van der Waals surface area contributed by atoms with Crippen LogP contribution in [0.15, 0.2) is 18.2 Å². The van der Waals surface area contributed by atoms with Crippen LogP contribution < -0.4 is 5.32 Å². The van der Waals surface area contributed by atoms with Gasteiger partial charge >= 0.3 is 0 Å². The Hall–Kier alpha value is -1.05. The van der Waals surface area contributed by atoms with Gasteiger partial charge < -0.3 is 5.32 Å². The molecular formula is C16H22FN. The molecule has 1 aliphatic carbocycles. The van der Waals surface area contributed by atoms with Crippen LogP contribution in [0.25, 0.3) is 0 Å². The molecule has 3 rings (SSSR count). The fraction of sp³-hybridized carbons (Fsp3) is 0.625. The molecule has 1 aromatic rings. The lowest BCUT2D eigenvalue weighted by Gasteiger charge is -2.30. The third kappa shape index (κ3) is 2.68. The third-order valence-electron chi connectivity index (χ3n) is 4.55. The van der Waals surface area contributed by atoms with Crippen LogP contribution in [0, 0.1) is 17.7 Å². The summed E-state index contributed by atoms with van der Waals surface area (Å²) < 4.78 is 13.3. The Morgan fingerprint density at radius 1 is 1.11 bits per heavy atom. The number of hydrogen-bond acceptors (Lipinski definition) is 1. The summed E-state index contributed by atoms with van der Waals surface area (Å²) in [5.41, 5.74) is 2.30. The van der Waals surface area contributed by atoms with Gasteiger partial charge in [-0.05, 0) is 48.4 Å². The Morgan fingerprint density at radius 2 is 1.94 bits per heavy atom. The van der Waals surface area contributed by atoms with Gasteiger partial charge in [0.1, 0.15) is 5.82 Å². The zero-order chi connectivity index (χ0) is 12.4. The summed E-state index contributed by atoms with van der Waals surface area (Å²) in [6.45, 7) is 1.06. The monoisotopic (exact) mass is 247 g/mol. The molecule has 1 fully saturated rings. The summed E-state index contributed by atoms with van der Waals surface area (Å²) >= 11 is 0. The maximum Gasteiger partial charge on any atom is 0.123 e. The van der Waals surface area contributed by atoms with Crippen molar-refractivity contribution in [3.05, 3.63) is 29.6 Å². The predicted molar refractivity (Wildman–Crippen MR) is 73.3 cm³/mol. The van der Waals surface area contributed by atoms with Gasteiger partial charge in [0.05, 0.1) is 0 Å². The summed E-state index contributed by atoms with van der Waals surface area (Å²) in [5.74, 6) is 1.51. The minimum Gasteiger partial charge on any atom is -0.385 e. The van der Waals surface area contributed by atoms with Crippen molar-refractivity contribution >= 4 is 5.69 Å². The van der Waals surface area contributed by atoms with Crippen LogP contribution >= 0.6 is 0 Å². The van der Waals surface area contributed by atoms with Crippen LogP contribution in [0.4, 0.5) is 10.1 Å². The van der Waals surface area contributed by atoms with Crippen molar-refractivity contribution < 1.29 is 4.39 Å². The summed E-state index contributed by atoms with van der Waals surface area (Å²) in [6.07, 6.45) is 9.44. The highest BCUT2D eigenvalue weighted by Gasteiger charge is 2.23. The van der Waals surface area contributed by atoms with Gasteiger partial charge in [-0.2, -0.15) is 0 Å². The highest BCUT2D eigenvalue weighted by atomic mass is 19.1. The number of anilines is 1. The first-order chi connectivity index (χ1) is 8.81.